The van der Waals surface area contributed by atoms with Crippen molar-refractivity contribution in [2.45, 2.75) is 18.7 Å². The molecule has 28 heavy (non-hydrogen) atoms. The lowest BCUT2D eigenvalue weighted by Gasteiger charge is -2.33. The first-order valence-corrected chi connectivity index (χ1v) is 11.1. The van der Waals surface area contributed by atoms with Gasteiger partial charge in [-0.15, -0.1) is 11.3 Å². The van der Waals surface area contributed by atoms with Gasteiger partial charge < -0.3 is 9.64 Å². The molecule has 1 saturated heterocycles. The zero-order valence-corrected chi connectivity index (χ0v) is 17.4. The molecule has 0 atom stereocenters. The minimum Gasteiger partial charge on any atom is -0.451 e. The van der Waals surface area contributed by atoms with E-state index in [9.17, 15) is 18.0 Å². The van der Waals surface area contributed by atoms with E-state index in [1.54, 1.807) is 30.3 Å². The van der Waals surface area contributed by atoms with Crippen LogP contribution in [0.25, 0.3) is 0 Å². The normalized spacial score (nSPS) is 15.4. The highest BCUT2D eigenvalue weighted by molar-refractivity contribution is 7.89. The van der Waals surface area contributed by atoms with Gasteiger partial charge in [-0.1, -0.05) is 17.7 Å². The van der Waals surface area contributed by atoms with Crippen molar-refractivity contribution in [2.75, 3.05) is 32.8 Å². The summed E-state index contributed by atoms with van der Waals surface area (Å²) in [7, 11) is -3.58. The van der Waals surface area contributed by atoms with Gasteiger partial charge in [-0.25, -0.2) is 13.2 Å². The Morgan fingerprint density at radius 2 is 1.64 bits per heavy atom. The summed E-state index contributed by atoms with van der Waals surface area (Å²) in [5, 5.41) is 0. The number of esters is 1. The molecule has 2 aromatic rings. The van der Waals surface area contributed by atoms with E-state index in [-0.39, 0.29) is 43.6 Å². The molecular formula is C19H22N2O5S2. The number of nitrogens with zero attached hydrogens (tertiary/aromatic N) is 2. The average molecular weight is 423 g/mol. The summed E-state index contributed by atoms with van der Waals surface area (Å²) in [5.74, 6) is -0.846. The molecule has 0 bridgehead atoms. The second kappa shape index (κ2) is 8.42. The predicted molar refractivity (Wildman–Crippen MR) is 106 cm³/mol. The SMILES string of the molecule is Cc1ccc(S(=O)(=O)N2CCN(C(=O)COC(=O)c3ccc(C)s3)CC2)cc1. The maximum absolute atomic E-state index is 12.7. The van der Waals surface area contributed by atoms with Gasteiger partial charge in [0.1, 0.15) is 4.88 Å². The molecule has 1 fully saturated rings. The van der Waals surface area contributed by atoms with Gasteiger partial charge in [0.05, 0.1) is 4.90 Å². The van der Waals surface area contributed by atoms with E-state index < -0.39 is 16.0 Å². The summed E-state index contributed by atoms with van der Waals surface area (Å²) in [5.41, 5.74) is 0.988. The molecule has 3 rings (SSSR count). The summed E-state index contributed by atoms with van der Waals surface area (Å²) in [6.45, 7) is 4.38. The van der Waals surface area contributed by atoms with Crippen molar-refractivity contribution >= 4 is 33.2 Å². The Morgan fingerprint density at radius 3 is 2.21 bits per heavy atom. The lowest BCUT2D eigenvalue weighted by molar-refractivity contribution is -0.135. The number of aryl methyl sites for hydroxylation is 2. The molecule has 1 aromatic carbocycles. The standard InChI is InChI=1S/C19H22N2O5S2/c1-14-3-6-16(7-4-14)28(24,25)21-11-9-20(10-12-21)18(22)13-26-19(23)17-8-5-15(2)27-17/h3-8H,9-13H2,1-2H3. The lowest BCUT2D eigenvalue weighted by Crippen LogP contribution is -2.51. The Bertz CT molecular complexity index is 958. The number of ether oxygens (including phenoxy) is 1. The Kier molecular flexibility index (Phi) is 6.17. The molecule has 2 heterocycles. The summed E-state index contributed by atoms with van der Waals surface area (Å²) in [6, 6.07) is 10.2. The zero-order chi connectivity index (χ0) is 20.3. The lowest BCUT2D eigenvalue weighted by atomic mass is 10.2. The second-order valence-electron chi connectivity index (χ2n) is 6.58. The van der Waals surface area contributed by atoms with Crippen molar-refractivity contribution in [3.63, 3.8) is 0 Å². The Labute approximate surface area is 168 Å². The Hall–Kier alpha value is -2.23. The molecule has 0 saturated carbocycles. The molecule has 1 amide bonds. The number of piperazine rings is 1. The molecule has 0 unspecified atom stereocenters. The number of hydrogen-bond acceptors (Lipinski definition) is 6. The maximum atomic E-state index is 12.7. The van der Waals surface area contributed by atoms with E-state index in [1.807, 2.05) is 19.9 Å². The second-order valence-corrected chi connectivity index (χ2v) is 9.81. The maximum Gasteiger partial charge on any atom is 0.348 e. The van der Waals surface area contributed by atoms with Crippen LogP contribution in [0.2, 0.25) is 0 Å². The zero-order valence-electron chi connectivity index (χ0n) is 15.8. The van der Waals surface area contributed by atoms with Crippen molar-refractivity contribution in [3.8, 4) is 0 Å². The number of amides is 1. The Balaban J connectivity index is 1.52. The molecular weight excluding hydrogens is 400 g/mol. The van der Waals surface area contributed by atoms with Crippen LogP contribution in [0.5, 0.6) is 0 Å². The van der Waals surface area contributed by atoms with Crippen LogP contribution in [0.4, 0.5) is 0 Å². The van der Waals surface area contributed by atoms with E-state index in [0.29, 0.717) is 4.88 Å². The van der Waals surface area contributed by atoms with Crippen molar-refractivity contribution in [2.24, 2.45) is 0 Å². The summed E-state index contributed by atoms with van der Waals surface area (Å²) in [4.78, 5) is 27.4. The van der Waals surface area contributed by atoms with Crippen LogP contribution in [0, 0.1) is 13.8 Å². The van der Waals surface area contributed by atoms with Crippen molar-refractivity contribution in [1.29, 1.82) is 0 Å². The number of rotatable bonds is 5. The summed E-state index contributed by atoms with van der Waals surface area (Å²) < 4.78 is 31.9. The average Bonchev–Trinajstić information content (AvgIpc) is 3.13. The van der Waals surface area contributed by atoms with Crippen LogP contribution in [0.3, 0.4) is 0 Å². The molecule has 0 radical (unpaired) electrons. The minimum atomic E-state index is -3.58. The van der Waals surface area contributed by atoms with Gasteiger partial charge in [0, 0.05) is 31.1 Å². The van der Waals surface area contributed by atoms with E-state index in [0.717, 1.165) is 10.4 Å². The number of carbonyl (C=O) groups excluding carboxylic acids is 2. The van der Waals surface area contributed by atoms with Crippen molar-refractivity contribution < 1.29 is 22.7 Å². The fourth-order valence-corrected chi connectivity index (χ4v) is 5.05. The van der Waals surface area contributed by atoms with Gasteiger partial charge in [-0.05, 0) is 38.1 Å². The third-order valence-electron chi connectivity index (χ3n) is 4.52. The monoisotopic (exact) mass is 422 g/mol. The molecule has 9 heteroatoms. The minimum absolute atomic E-state index is 0.208. The van der Waals surface area contributed by atoms with Gasteiger partial charge >= 0.3 is 5.97 Å². The Morgan fingerprint density at radius 1 is 1.00 bits per heavy atom. The van der Waals surface area contributed by atoms with E-state index in [2.05, 4.69) is 0 Å². The summed E-state index contributed by atoms with van der Waals surface area (Å²) in [6.07, 6.45) is 0. The molecule has 0 aliphatic carbocycles. The van der Waals surface area contributed by atoms with Crippen LogP contribution >= 0.6 is 11.3 Å². The van der Waals surface area contributed by atoms with Crippen molar-refractivity contribution in [3.05, 3.63) is 51.7 Å². The third kappa shape index (κ3) is 4.60. The molecule has 1 aliphatic rings. The number of benzene rings is 1. The highest BCUT2D eigenvalue weighted by Gasteiger charge is 2.30. The quantitative estimate of drug-likeness (QED) is 0.689. The first-order valence-electron chi connectivity index (χ1n) is 8.85. The summed E-state index contributed by atoms with van der Waals surface area (Å²) >= 11 is 1.31. The van der Waals surface area contributed by atoms with Crippen molar-refractivity contribution in [1.82, 2.24) is 9.21 Å². The number of carbonyl (C=O) groups is 2. The molecule has 1 aliphatic heterocycles. The number of sulfonamides is 1. The largest absolute Gasteiger partial charge is 0.451 e. The van der Waals surface area contributed by atoms with Gasteiger partial charge in [0.2, 0.25) is 10.0 Å². The van der Waals surface area contributed by atoms with E-state index in [1.165, 1.54) is 20.5 Å². The van der Waals surface area contributed by atoms with E-state index in [4.69, 9.17) is 4.74 Å². The molecule has 7 nitrogen and oxygen atoms in total. The van der Waals surface area contributed by atoms with Crippen LogP contribution in [-0.2, 0) is 19.6 Å². The first-order chi connectivity index (χ1) is 13.3. The topological polar surface area (TPSA) is 84.0 Å². The van der Waals surface area contributed by atoms with Gasteiger partial charge in [0.25, 0.3) is 5.91 Å². The highest BCUT2D eigenvalue weighted by atomic mass is 32.2. The van der Waals surface area contributed by atoms with Crippen LogP contribution < -0.4 is 0 Å². The predicted octanol–water partition coefficient (Wildman–Crippen LogP) is 2.05. The van der Waals surface area contributed by atoms with Gasteiger partial charge in [-0.3, -0.25) is 4.79 Å². The van der Waals surface area contributed by atoms with Crippen LogP contribution in [0.15, 0.2) is 41.3 Å². The first kappa shape index (κ1) is 20.5. The number of thiophene rings is 1. The molecule has 0 N–H and O–H groups in total. The third-order valence-corrected chi connectivity index (χ3v) is 7.41. The fourth-order valence-electron chi connectivity index (χ4n) is 2.87. The molecule has 150 valence electrons. The van der Waals surface area contributed by atoms with E-state index >= 15 is 0 Å². The highest BCUT2D eigenvalue weighted by Crippen LogP contribution is 2.19. The fraction of sp³-hybridized carbons (Fsp3) is 0.368. The van der Waals surface area contributed by atoms with Crippen LogP contribution in [0.1, 0.15) is 20.1 Å². The van der Waals surface area contributed by atoms with Gasteiger partial charge in [0.15, 0.2) is 6.61 Å². The molecule has 0 spiro atoms. The smallest absolute Gasteiger partial charge is 0.348 e. The number of hydrogen-bond donors (Lipinski definition) is 0. The van der Waals surface area contributed by atoms with Crippen LogP contribution in [-0.4, -0.2) is 62.3 Å². The van der Waals surface area contributed by atoms with Gasteiger partial charge in [-0.2, -0.15) is 4.31 Å². The molecule has 1 aromatic heterocycles.